The molecule has 8 nitrogen and oxygen atoms in total. The number of likely N-dealkylation sites (N-methyl/N-ethyl adjacent to an activating group) is 1. The van der Waals surface area contributed by atoms with Crippen LogP contribution in [-0.4, -0.2) is 51.4 Å². The van der Waals surface area contributed by atoms with Gasteiger partial charge in [-0.05, 0) is 0 Å². The second kappa shape index (κ2) is 4.43. The lowest BCUT2D eigenvalue weighted by molar-refractivity contribution is -0.118. The van der Waals surface area contributed by atoms with Crippen LogP contribution in [0.4, 0.5) is 0 Å². The van der Waals surface area contributed by atoms with Crippen molar-refractivity contribution in [2.75, 3.05) is 13.6 Å². The van der Waals surface area contributed by atoms with Gasteiger partial charge in [0.05, 0.1) is 12.9 Å². The second-order valence-corrected chi connectivity index (χ2v) is 3.06. The van der Waals surface area contributed by atoms with Gasteiger partial charge in [0, 0.05) is 7.05 Å². The molecule has 0 fully saturated rings. The maximum absolute atomic E-state index is 11.6. The topological polar surface area (TPSA) is 129 Å². The van der Waals surface area contributed by atoms with E-state index in [0.29, 0.717) is 0 Å². The summed E-state index contributed by atoms with van der Waals surface area (Å²) >= 11 is 0. The Kier molecular flexibility index (Phi) is 3.24. The van der Waals surface area contributed by atoms with Crippen molar-refractivity contribution in [2.24, 2.45) is 5.73 Å². The van der Waals surface area contributed by atoms with Crippen LogP contribution in [0.5, 0.6) is 0 Å². The number of imidazole rings is 1. The number of rotatable bonds is 4. The summed E-state index contributed by atoms with van der Waals surface area (Å²) in [5.41, 5.74) is 4.33. The molecule has 0 aliphatic rings. The number of hydrogen-bond donors (Lipinski definition) is 3. The van der Waals surface area contributed by atoms with Crippen molar-refractivity contribution in [1.82, 2.24) is 14.9 Å². The number of nitrogens with one attached hydrogen (secondary N) is 1. The molecule has 0 aromatic carbocycles. The molecular formula is C8H10N4O4. The van der Waals surface area contributed by atoms with Gasteiger partial charge in [-0.2, -0.15) is 0 Å². The first-order chi connectivity index (χ1) is 7.43. The Hall–Kier alpha value is -2.38. The zero-order chi connectivity index (χ0) is 12.3. The average Bonchev–Trinajstić information content (AvgIpc) is 2.63. The minimum Gasteiger partial charge on any atom is -0.477 e. The predicted molar refractivity (Wildman–Crippen MR) is 51.7 cm³/mol. The Morgan fingerprint density at radius 1 is 1.56 bits per heavy atom. The first-order valence-electron chi connectivity index (χ1n) is 4.24. The van der Waals surface area contributed by atoms with Crippen molar-refractivity contribution >= 4 is 17.8 Å². The summed E-state index contributed by atoms with van der Waals surface area (Å²) in [7, 11) is 1.33. The van der Waals surface area contributed by atoms with Gasteiger partial charge in [-0.3, -0.25) is 9.59 Å². The summed E-state index contributed by atoms with van der Waals surface area (Å²) in [5.74, 6) is -2.67. The SMILES string of the molecule is CN(CC(N)=O)C(=O)c1nc[nH]c1C(=O)O. The van der Waals surface area contributed by atoms with Crippen molar-refractivity contribution in [3.8, 4) is 0 Å². The number of carbonyl (C=O) groups is 3. The molecule has 2 amide bonds. The number of carboxylic acids is 1. The van der Waals surface area contributed by atoms with Crippen molar-refractivity contribution in [1.29, 1.82) is 0 Å². The van der Waals surface area contributed by atoms with E-state index in [0.717, 1.165) is 11.2 Å². The maximum atomic E-state index is 11.6. The number of carboxylic acid groups (broad SMARTS) is 1. The molecule has 1 aromatic heterocycles. The second-order valence-electron chi connectivity index (χ2n) is 3.06. The van der Waals surface area contributed by atoms with Gasteiger partial charge >= 0.3 is 5.97 Å². The molecule has 86 valence electrons. The van der Waals surface area contributed by atoms with E-state index in [2.05, 4.69) is 9.97 Å². The smallest absolute Gasteiger partial charge is 0.354 e. The Morgan fingerprint density at radius 3 is 2.69 bits per heavy atom. The van der Waals surface area contributed by atoms with Gasteiger partial charge in [-0.25, -0.2) is 9.78 Å². The number of aromatic carboxylic acids is 1. The summed E-state index contributed by atoms with van der Waals surface area (Å²) in [4.78, 5) is 39.8. The minimum atomic E-state index is -1.30. The molecule has 0 atom stereocenters. The largest absolute Gasteiger partial charge is 0.477 e. The van der Waals surface area contributed by atoms with Crippen LogP contribution in [0, 0.1) is 0 Å². The molecule has 0 aliphatic carbocycles. The minimum absolute atomic E-state index is 0.253. The zero-order valence-electron chi connectivity index (χ0n) is 8.43. The highest BCUT2D eigenvalue weighted by molar-refractivity contribution is 6.02. The van der Waals surface area contributed by atoms with E-state index < -0.39 is 17.8 Å². The van der Waals surface area contributed by atoms with Crippen LogP contribution >= 0.6 is 0 Å². The third-order valence-electron chi connectivity index (χ3n) is 1.80. The molecule has 0 aliphatic heterocycles. The normalized spacial score (nSPS) is 9.81. The number of nitrogens with two attached hydrogens (primary N) is 1. The van der Waals surface area contributed by atoms with Crippen molar-refractivity contribution in [3.63, 3.8) is 0 Å². The molecule has 16 heavy (non-hydrogen) atoms. The van der Waals surface area contributed by atoms with Crippen LogP contribution in [0.15, 0.2) is 6.33 Å². The maximum Gasteiger partial charge on any atom is 0.354 e. The Labute approximate surface area is 90.1 Å². The fourth-order valence-corrected chi connectivity index (χ4v) is 1.11. The van der Waals surface area contributed by atoms with Gasteiger partial charge in [0.1, 0.15) is 0 Å². The number of aromatic amines is 1. The van der Waals surface area contributed by atoms with Crippen LogP contribution in [0.3, 0.4) is 0 Å². The van der Waals surface area contributed by atoms with E-state index >= 15 is 0 Å². The summed E-state index contributed by atoms with van der Waals surface area (Å²) in [6.45, 7) is -0.301. The quantitative estimate of drug-likeness (QED) is 0.585. The Morgan fingerprint density at radius 2 is 2.19 bits per heavy atom. The number of H-pyrrole nitrogens is 1. The van der Waals surface area contributed by atoms with E-state index in [-0.39, 0.29) is 17.9 Å². The van der Waals surface area contributed by atoms with Gasteiger partial charge in [0.15, 0.2) is 11.4 Å². The number of aromatic nitrogens is 2. The summed E-state index contributed by atoms with van der Waals surface area (Å²) in [5, 5.41) is 8.73. The molecule has 0 saturated heterocycles. The summed E-state index contributed by atoms with van der Waals surface area (Å²) < 4.78 is 0. The van der Waals surface area contributed by atoms with Gasteiger partial charge in [0.25, 0.3) is 5.91 Å². The Bertz CT molecular complexity index is 439. The number of primary amides is 1. The molecule has 8 heteroatoms. The number of carbonyl (C=O) groups excluding carboxylic acids is 2. The molecule has 0 radical (unpaired) electrons. The average molecular weight is 226 g/mol. The highest BCUT2D eigenvalue weighted by atomic mass is 16.4. The van der Waals surface area contributed by atoms with Crippen LogP contribution in [0.1, 0.15) is 21.0 Å². The number of nitrogens with zero attached hydrogens (tertiary/aromatic N) is 2. The van der Waals surface area contributed by atoms with Crippen molar-refractivity contribution < 1.29 is 19.5 Å². The van der Waals surface area contributed by atoms with Crippen molar-refractivity contribution in [3.05, 3.63) is 17.7 Å². The van der Waals surface area contributed by atoms with Crippen LogP contribution < -0.4 is 5.73 Å². The standard InChI is InChI=1S/C8H10N4O4/c1-12(2-4(9)13)7(14)5-6(8(15)16)11-3-10-5/h3H,2H2,1H3,(H2,9,13)(H,10,11)(H,15,16). The molecular weight excluding hydrogens is 216 g/mol. The fraction of sp³-hybridized carbons (Fsp3) is 0.250. The molecule has 4 N–H and O–H groups in total. The zero-order valence-corrected chi connectivity index (χ0v) is 8.43. The molecule has 0 unspecified atom stereocenters. The lowest BCUT2D eigenvalue weighted by Gasteiger charge is -2.13. The lowest BCUT2D eigenvalue weighted by Crippen LogP contribution is -2.36. The van der Waals surface area contributed by atoms with Gasteiger partial charge in [-0.1, -0.05) is 0 Å². The predicted octanol–water partition coefficient (Wildman–Crippen LogP) is -1.33. The molecule has 1 aromatic rings. The highest BCUT2D eigenvalue weighted by Gasteiger charge is 2.23. The first-order valence-corrected chi connectivity index (χ1v) is 4.24. The van der Waals surface area contributed by atoms with Crippen LogP contribution in [-0.2, 0) is 4.79 Å². The van der Waals surface area contributed by atoms with Gasteiger partial charge in [-0.15, -0.1) is 0 Å². The van der Waals surface area contributed by atoms with Crippen molar-refractivity contribution in [2.45, 2.75) is 0 Å². The van der Waals surface area contributed by atoms with Gasteiger partial charge < -0.3 is 20.7 Å². The fourth-order valence-electron chi connectivity index (χ4n) is 1.11. The monoisotopic (exact) mass is 226 g/mol. The first kappa shape index (κ1) is 11.7. The van der Waals surface area contributed by atoms with E-state index in [4.69, 9.17) is 10.8 Å². The van der Waals surface area contributed by atoms with E-state index in [9.17, 15) is 14.4 Å². The van der Waals surface area contributed by atoms with Crippen LogP contribution in [0.2, 0.25) is 0 Å². The highest BCUT2D eigenvalue weighted by Crippen LogP contribution is 2.05. The number of amides is 2. The third-order valence-corrected chi connectivity index (χ3v) is 1.80. The molecule has 1 heterocycles. The lowest BCUT2D eigenvalue weighted by atomic mass is 10.3. The van der Waals surface area contributed by atoms with E-state index in [1.165, 1.54) is 7.05 Å². The van der Waals surface area contributed by atoms with E-state index in [1.54, 1.807) is 0 Å². The van der Waals surface area contributed by atoms with E-state index in [1.807, 2.05) is 0 Å². The third kappa shape index (κ3) is 2.35. The number of hydrogen-bond acceptors (Lipinski definition) is 4. The summed E-state index contributed by atoms with van der Waals surface area (Å²) in [6, 6.07) is 0. The molecule has 0 spiro atoms. The summed E-state index contributed by atoms with van der Waals surface area (Å²) in [6.07, 6.45) is 1.09. The molecule has 0 bridgehead atoms. The molecule has 1 rings (SSSR count). The van der Waals surface area contributed by atoms with Crippen LogP contribution in [0.25, 0.3) is 0 Å². The Balaban J connectivity index is 2.92. The molecule has 0 saturated carbocycles. The van der Waals surface area contributed by atoms with Gasteiger partial charge in [0.2, 0.25) is 5.91 Å².